The second-order valence-corrected chi connectivity index (χ2v) is 8.99. The summed E-state index contributed by atoms with van der Waals surface area (Å²) in [5.74, 6) is -1.39. The van der Waals surface area contributed by atoms with E-state index in [-0.39, 0.29) is 30.3 Å². The van der Waals surface area contributed by atoms with Crippen LogP contribution in [0.15, 0.2) is 24.3 Å². The number of piperazine rings is 1. The first-order chi connectivity index (χ1) is 14.8. The Labute approximate surface area is 188 Å². The first-order valence-electron chi connectivity index (χ1n) is 11.1. The van der Waals surface area contributed by atoms with Crippen molar-refractivity contribution in [2.24, 2.45) is 5.92 Å². The minimum atomic E-state index is -0.934. The molecule has 2 aliphatic heterocycles. The molecule has 2 fully saturated rings. The van der Waals surface area contributed by atoms with Crippen LogP contribution in [0.25, 0.3) is 0 Å². The SMILES string of the molecule is CC[C@@H](CN1CCN(C(C)=O)CC1)N1C(=O)C(CC(=O)O)CCC1c1ccc(Cl)cc1. The number of likely N-dealkylation sites (tertiary alicyclic amines) is 1. The van der Waals surface area contributed by atoms with Crippen molar-refractivity contribution in [3.8, 4) is 0 Å². The Morgan fingerprint density at radius 1 is 1.13 bits per heavy atom. The van der Waals surface area contributed by atoms with E-state index in [0.717, 1.165) is 38.0 Å². The Balaban J connectivity index is 1.80. The van der Waals surface area contributed by atoms with Crippen molar-refractivity contribution in [2.45, 2.75) is 51.6 Å². The molecule has 3 atom stereocenters. The van der Waals surface area contributed by atoms with Crippen LogP contribution in [0.5, 0.6) is 0 Å². The smallest absolute Gasteiger partial charge is 0.304 e. The van der Waals surface area contributed by atoms with Crippen LogP contribution in [-0.2, 0) is 14.4 Å². The lowest BCUT2D eigenvalue weighted by atomic mass is 9.85. The minimum absolute atomic E-state index is 0.0198. The van der Waals surface area contributed by atoms with E-state index in [4.69, 9.17) is 11.6 Å². The molecule has 8 heteroatoms. The molecule has 3 rings (SSSR count). The lowest BCUT2D eigenvalue weighted by molar-refractivity contribution is -0.152. The van der Waals surface area contributed by atoms with Gasteiger partial charge in [-0.3, -0.25) is 19.3 Å². The summed E-state index contributed by atoms with van der Waals surface area (Å²) in [5, 5.41) is 9.93. The first kappa shape index (κ1) is 23.5. The number of nitrogens with zero attached hydrogens (tertiary/aromatic N) is 3. The second-order valence-electron chi connectivity index (χ2n) is 8.55. The van der Waals surface area contributed by atoms with E-state index in [1.165, 1.54) is 0 Å². The van der Waals surface area contributed by atoms with Crippen molar-refractivity contribution < 1.29 is 19.5 Å². The maximum atomic E-state index is 13.5. The van der Waals surface area contributed by atoms with E-state index in [1.54, 1.807) is 6.92 Å². The number of carbonyl (C=O) groups is 3. The number of rotatable bonds is 7. The maximum Gasteiger partial charge on any atom is 0.304 e. The summed E-state index contributed by atoms with van der Waals surface area (Å²) in [6.45, 7) is 7.34. The van der Waals surface area contributed by atoms with Crippen molar-refractivity contribution in [3.05, 3.63) is 34.9 Å². The fourth-order valence-electron chi connectivity index (χ4n) is 4.79. The van der Waals surface area contributed by atoms with Crippen LogP contribution < -0.4 is 0 Å². The van der Waals surface area contributed by atoms with Crippen molar-refractivity contribution >= 4 is 29.4 Å². The van der Waals surface area contributed by atoms with Gasteiger partial charge in [-0.1, -0.05) is 30.7 Å². The zero-order valence-electron chi connectivity index (χ0n) is 18.3. The maximum absolute atomic E-state index is 13.5. The molecule has 0 bridgehead atoms. The average Bonchev–Trinajstić information content (AvgIpc) is 2.74. The molecule has 2 unspecified atom stereocenters. The molecule has 0 radical (unpaired) electrons. The molecular weight excluding hydrogens is 418 g/mol. The number of carbonyl (C=O) groups excluding carboxylic acids is 2. The van der Waals surface area contributed by atoms with E-state index in [2.05, 4.69) is 11.8 Å². The van der Waals surface area contributed by atoms with E-state index in [0.29, 0.717) is 24.5 Å². The normalized spacial score (nSPS) is 23.6. The Hall–Kier alpha value is -2.12. The van der Waals surface area contributed by atoms with E-state index in [9.17, 15) is 19.5 Å². The van der Waals surface area contributed by atoms with Crippen LogP contribution >= 0.6 is 11.6 Å². The Morgan fingerprint density at radius 2 is 1.77 bits per heavy atom. The summed E-state index contributed by atoms with van der Waals surface area (Å²) in [6, 6.07) is 7.49. The molecule has 31 heavy (non-hydrogen) atoms. The van der Waals surface area contributed by atoms with E-state index >= 15 is 0 Å². The molecule has 0 aliphatic carbocycles. The average molecular weight is 450 g/mol. The van der Waals surface area contributed by atoms with Crippen molar-refractivity contribution in [2.75, 3.05) is 32.7 Å². The molecule has 0 spiro atoms. The molecule has 2 heterocycles. The van der Waals surface area contributed by atoms with Gasteiger partial charge in [0.2, 0.25) is 11.8 Å². The van der Waals surface area contributed by atoms with Gasteiger partial charge in [0.05, 0.1) is 12.5 Å². The van der Waals surface area contributed by atoms with Crippen LogP contribution in [0.3, 0.4) is 0 Å². The van der Waals surface area contributed by atoms with Crippen LogP contribution in [0.2, 0.25) is 5.02 Å². The molecule has 2 aliphatic rings. The Morgan fingerprint density at radius 3 is 2.32 bits per heavy atom. The van der Waals surface area contributed by atoms with Gasteiger partial charge in [-0.25, -0.2) is 0 Å². The summed E-state index contributed by atoms with van der Waals surface area (Å²) >= 11 is 6.07. The summed E-state index contributed by atoms with van der Waals surface area (Å²) in [5.41, 5.74) is 1.03. The lowest BCUT2D eigenvalue weighted by Gasteiger charge is -2.46. The number of aliphatic carboxylic acids is 1. The van der Waals surface area contributed by atoms with Crippen LogP contribution in [0.1, 0.15) is 51.1 Å². The van der Waals surface area contributed by atoms with Crippen molar-refractivity contribution in [1.29, 1.82) is 0 Å². The number of benzene rings is 1. The molecule has 0 aromatic heterocycles. The van der Waals surface area contributed by atoms with Gasteiger partial charge in [-0.15, -0.1) is 0 Å². The minimum Gasteiger partial charge on any atom is -0.481 e. The number of amides is 2. The number of hydrogen-bond donors (Lipinski definition) is 1. The van der Waals surface area contributed by atoms with Crippen molar-refractivity contribution in [1.82, 2.24) is 14.7 Å². The van der Waals surface area contributed by atoms with Gasteiger partial charge >= 0.3 is 5.97 Å². The molecule has 1 aromatic rings. The number of hydrogen-bond acceptors (Lipinski definition) is 4. The topological polar surface area (TPSA) is 81.2 Å². The van der Waals surface area contributed by atoms with Gasteiger partial charge < -0.3 is 14.9 Å². The predicted molar refractivity (Wildman–Crippen MR) is 119 cm³/mol. The Bertz CT molecular complexity index is 793. The van der Waals surface area contributed by atoms with Crippen LogP contribution in [0.4, 0.5) is 0 Å². The third kappa shape index (κ3) is 5.77. The molecule has 7 nitrogen and oxygen atoms in total. The number of carboxylic acid groups (broad SMARTS) is 1. The van der Waals surface area contributed by atoms with Crippen LogP contribution in [0, 0.1) is 5.92 Å². The highest BCUT2D eigenvalue weighted by Crippen LogP contribution is 2.38. The standard InChI is InChI=1S/C23H32ClN3O4/c1-3-20(15-25-10-12-26(13-11-25)16(2)28)27-21(17-4-7-19(24)8-5-17)9-6-18(23(27)31)14-22(29)30/h4-5,7-8,18,20-21H,3,6,9-15H2,1-2H3,(H,29,30)/t18?,20-,21?/m0/s1. The monoisotopic (exact) mass is 449 g/mol. The van der Waals surface area contributed by atoms with Crippen molar-refractivity contribution in [3.63, 3.8) is 0 Å². The Kier molecular flexibility index (Phi) is 7.94. The van der Waals surface area contributed by atoms with Gasteiger partial charge in [0.25, 0.3) is 0 Å². The largest absolute Gasteiger partial charge is 0.481 e. The predicted octanol–water partition coefficient (Wildman–Crippen LogP) is 3.04. The van der Waals surface area contributed by atoms with Gasteiger partial charge in [0.1, 0.15) is 0 Å². The van der Waals surface area contributed by atoms with Gasteiger partial charge in [0.15, 0.2) is 0 Å². The van der Waals surface area contributed by atoms with E-state index < -0.39 is 11.9 Å². The lowest BCUT2D eigenvalue weighted by Crippen LogP contribution is -2.55. The molecule has 170 valence electrons. The summed E-state index contributed by atoms with van der Waals surface area (Å²) in [4.78, 5) is 42.5. The van der Waals surface area contributed by atoms with Gasteiger partial charge in [-0.05, 0) is 37.0 Å². The molecule has 0 saturated carbocycles. The highest BCUT2D eigenvalue weighted by Gasteiger charge is 2.40. The first-order valence-corrected chi connectivity index (χ1v) is 11.4. The van der Waals surface area contributed by atoms with Gasteiger partial charge in [0, 0.05) is 56.6 Å². The van der Waals surface area contributed by atoms with Gasteiger partial charge in [-0.2, -0.15) is 0 Å². The molecule has 2 saturated heterocycles. The molecule has 1 aromatic carbocycles. The number of carboxylic acids is 1. The van der Waals surface area contributed by atoms with E-state index in [1.807, 2.05) is 34.1 Å². The summed E-state index contributed by atoms with van der Waals surface area (Å²) in [7, 11) is 0. The number of piperidine rings is 1. The highest BCUT2D eigenvalue weighted by molar-refractivity contribution is 6.30. The zero-order valence-corrected chi connectivity index (χ0v) is 19.1. The third-order valence-corrected chi connectivity index (χ3v) is 6.81. The molecular formula is C23H32ClN3O4. The zero-order chi connectivity index (χ0) is 22.5. The fourth-order valence-corrected chi connectivity index (χ4v) is 4.92. The summed E-state index contributed by atoms with van der Waals surface area (Å²) in [6.07, 6.45) is 1.96. The molecule has 2 amide bonds. The summed E-state index contributed by atoms with van der Waals surface area (Å²) < 4.78 is 0. The highest BCUT2D eigenvalue weighted by atomic mass is 35.5. The fraction of sp³-hybridized carbons (Fsp3) is 0.609. The second kappa shape index (κ2) is 10.5. The third-order valence-electron chi connectivity index (χ3n) is 6.56. The molecule has 1 N–H and O–H groups in total. The van der Waals surface area contributed by atoms with Crippen LogP contribution in [-0.4, -0.2) is 76.4 Å². The number of halogens is 1. The quantitative estimate of drug-likeness (QED) is 0.692.